The molecular weight excluding hydrogens is 426 g/mol. The standard InChI is InChI=1S/C20H22BrN3O4/c1-3-28-20(27)14-4-5-17(22-12-14)23-6-8-24(9-7-23)19(26)15-10-13(2)11-16(21)18(15)25/h4-5,10-12,25H,3,6-9H2,1-2H3. The number of phenols is 1. The van der Waals surface area contributed by atoms with E-state index >= 15 is 0 Å². The molecule has 0 bridgehead atoms. The Balaban J connectivity index is 1.64. The number of aryl methyl sites for hydroxylation is 1. The first kappa shape index (κ1) is 20.1. The van der Waals surface area contributed by atoms with Gasteiger partial charge in [-0.3, -0.25) is 4.79 Å². The van der Waals surface area contributed by atoms with E-state index in [1.807, 2.05) is 6.92 Å². The summed E-state index contributed by atoms with van der Waals surface area (Å²) in [6.07, 6.45) is 1.51. The van der Waals surface area contributed by atoms with Gasteiger partial charge in [0.05, 0.1) is 22.2 Å². The summed E-state index contributed by atoms with van der Waals surface area (Å²) in [5, 5.41) is 10.2. The van der Waals surface area contributed by atoms with Gasteiger partial charge < -0.3 is 19.6 Å². The lowest BCUT2D eigenvalue weighted by atomic mass is 10.1. The molecule has 2 heterocycles. The maximum Gasteiger partial charge on any atom is 0.339 e. The molecular formula is C20H22BrN3O4. The zero-order valence-corrected chi connectivity index (χ0v) is 17.4. The Morgan fingerprint density at radius 3 is 2.54 bits per heavy atom. The summed E-state index contributed by atoms with van der Waals surface area (Å²) in [4.78, 5) is 32.7. The van der Waals surface area contributed by atoms with Gasteiger partial charge in [0.1, 0.15) is 11.6 Å². The SMILES string of the molecule is CCOC(=O)c1ccc(N2CCN(C(=O)c3cc(C)cc(Br)c3O)CC2)nc1. The third-order valence-electron chi connectivity index (χ3n) is 4.59. The number of aromatic nitrogens is 1. The minimum Gasteiger partial charge on any atom is -0.506 e. The minimum absolute atomic E-state index is 0.0331. The highest BCUT2D eigenvalue weighted by molar-refractivity contribution is 9.10. The molecule has 1 N–H and O–H groups in total. The number of benzene rings is 1. The predicted octanol–water partition coefficient (Wildman–Crippen LogP) is 3.00. The van der Waals surface area contributed by atoms with Gasteiger partial charge in [0.25, 0.3) is 5.91 Å². The molecule has 3 rings (SSSR count). The molecule has 1 saturated heterocycles. The van der Waals surface area contributed by atoms with Crippen molar-refractivity contribution in [3.05, 3.63) is 51.6 Å². The van der Waals surface area contributed by atoms with E-state index in [1.54, 1.807) is 36.1 Å². The van der Waals surface area contributed by atoms with Crippen LogP contribution >= 0.6 is 15.9 Å². The number of amides is 1. The topological polar surface area (TPSA) is 83.0 Å². The Morgan fingerprint density at radius 2 is 1.93 bits per heavy atom. The van der Waals surface area contributed by atoms with Crippen LogP contribution in [0.15, 0.2) is 34.9 Å². The van der Waals surface area contributed by atoms with Crippen molar-refractivity contribution < 1.29 is 19.4 Å². The van der Waals surface area contributed by atoms with Crippen LogP contribution < -0.4 is 4.90 Å². The number of anilines is 1. The average Bonchev–Trinajstić information content (AvgIpc) is 2.70. The molecule has 0 spiro atoms. The van der Waals surface area contributed by atoms with Crippen molar-refractivity contribution in [3.63, 3.8) is 0 Å². The van der Waals surface area contributed by atoms with Gasteiger partial charge in [-0.05, 0) is 59.6 Å². The maximum absolute atomic E-state index is 12.8. The summed E-state index contributed by atoms with van der Waals surface area (Å²) in [6, 6.07) is 6.95. The molecule has 7 nitrogen and oxygen atoms in total. The fourth-order valence-corrected chi connectivity index (χ4v) is 3.69. The number of piperazine rings is 1. The summed E-state index contributed by atoms with van der Waals surface area (Å²) in [7, 11) is 0. The number of rotatable bonds is 4. The normalized spacial score (nSPS) is 14.1. The van der Waals surface area contributed by atoms with Gasteiger partial charge in [0.15, 0.2) is 0 Å². The van der Waals surface area contributed by atoms with Gasteiger partial charge in [-0.1, -0.05) is 0 Å². The first-order chi connectivity index (χ1) is 13.4. The van der Waals surface area contributed by atoms with Crippen LogP contribution in [0, 0.1) is 6.92 Å². The molecule has 1 aromatic heterocycles. The van der Waals surface area contributed by atoms with Gasteiger partial charge in [0.2, 0.25) is 0 Å². The summed E-state index contributed by atoms with van der Waals surface area (Å²) in [5.41, 5.74) is 1.62. The van der Waals surface area contributed by atoms with Gasteiger partial charge >= 0.3 is 5.97 Å². The molecule has 1 aliphatic heterocycles. The van der Waals surface area contributed by atoms with Gasteiger partial charge in [-0.25, -0.2) is 9.78 Å². The van der Waals surface area contributed by atoms with Crippen molar-refractivity contribution in [2.75, 3.05) is 37.7 Å². The van der Waals surface area contributed by atoms with Crippen LogP contribution in [0.25, 0.3) is 0 Å². The number of esters is 1. The quantitative estimate of drug-likeness (QED) is 0.725. The smallest absolute Gasteiger partial charge is 0.339 e. The Morgan fingerprint density at radius 1 is 1.21 bits per heavy atom. The molecule has 1 fully saturated rings. The Kier molecular flexibility index (Phi) is 6.18. The van der Waals surface area contributed by atoms with E-state index in [0.717, 1.165) is 11.4 Å². The summed E-state index contributed by atoms with van der Waals surface area (Å²) in [6.45, 7) is 6.23. The zero-order valence-electron chi connectivity index (χ0n) is 15.8. The fraction of sp³-hybridized carbons (Fsp3) is 0.350. The van der Waals surface area contributed by atoms with E-state index < -0.39 is 0 Å². The predicted molar refractivity (Wildman–Crippen MR) is 109 cm³/mol. The van der Waals surface area contributed by atoms with Crippen molar-refractivity contribution in [3.8, 4) is 5.75 Å². The van der Waals surface area contributed by atoms with Gasteiger partial charge in [-0.2, -0.15) is 0 Å². The monoisotopic (exact) mass is 447 g/mol. The van der Waals surface area contributed by atoms with Crippen molar-refractivity contribution in [2.24, 2.45) is 0 Å². The molecule has 1 amide bonds. The van der Waals surface area contributed by atoms with Crippen LogP contribution in [-0.4, -0.2) is 59.7 Å². The summed E-state index contributed by atoms with van der Waals surface area (Å²) < 4.78 is 5.48. The first-order valence-electron chi connectivity index (χ1n) is 9.07. The van der Waals surface area contributed by atoms with Crippen LogP contribution in [0.5, 0.6) is 5.75 Å². The molecule has 1 aromatic carbocycles. The highest BCUT2D eigenvalue weighted by atomic mass is 79.9. The number of nitrogens with zero attached hydrogens (tertiary/aromatic N) is 3. The molecule has 0 atom stereocenters. The number of hydrogen-bond donors (Lipinski definition) is 1. The zero-order chi connectivity index (χ0) is 20.3. The lowest BCUT2D eigenvalue weighted by Crippen LogP contribution is -2.49. The van der Waals surface area contributed by atoms with E-state index in [4.69, 9.17) is 4.74 Å². The second-order valence-electron chi connectivity index (χ2n) is 6.55. The van der Waals surface area contributed by atoms with Crippen LogP contribution in [0.2, 0.25) is 0 Å². The number of halogens is 1. The molecule has 2 aromatic rings. The molecule has 0 unspecified atom stereocenters. The van der Waals surface area contributed by atoms with E-state index in [2.05, 4.69) is 25.8 Å². The van der Waals surface area contributed by atoms with Crippen molar-refractivity contribution in [2.45, 2.75) is 13.8 Å². The van der Waals surface area contributed by atoms with Crippen molar-refractivity contribution >= 4 is 33.6 Å². The number of hydrogen-bond acceptors (Lipinski definition) is 6. The van der Waals surface area contributed by atoms with Crippen molar-refractivity contribution in [1.29, 1.82) is 0 Å². The fourth-order valence-electron chi connectivity index (χ4n) is 3.11. The molecule has 0 aliphatic carbocycles. The largest absolute Gasteiger partial charge is 0.506 e. The Labute approximate surface area is 172 Å². The number of aromatic hydroxyl groups is 1. The highest BCUT2D eigenvalue weighted by Gasteiger charge is 2.25. The number of ether oxygens (including phenoxy) is 1. The second kappa shape index (κ2) is 8.60. The second-order valence-corrected chi connectivity index (χ2v) is 7.40. The number of carbonyl (C=O) groups excluding carboxylic acids is 2. The molecule has 148 valence electrons. The lowest BCUT2D eigenvalue weighted by Gasteiger charge is -2.35. The van der Waals surface area contributed by atoms with Crippen LogP contribution in [0.4, 0.5) is 5.82 Å². The molecule has 0 radical (unpaired) electrons. The van der Waals surface area contributed by atoms with Crippen molar-refractivity contribution in [1.82, 2.24) is 9.88 Å². The Hall–Kier alpha value is -2.61. The Bertz CT molecular complexity index is 878. The minimum atomic E-state index is -0.388. The number of phenolic OH excluding ortho intramolecular Hbond substituents is 1. The summed E-state index contributed by atoms with van der Waals surface area (Å²) >= 11 is 3.28. The van der Waals surface area contributed by atoms with E-state index in [1.165, 1.54) is 6.20 Å². The van der Waals surface area contributed by atoms with Gasteiger partial charge in [-0.15, -0.1) is 0 Å². The highest BCUT2D eigenvalue weighted by Crippen LogP contribution is 2.30. The van der Waals surface area contributed by atoms with Crippen LogP contribution in [-0.2, 0) is 4.74 Å². The van der Waals surface area contributed by atoms with Crippen LogP contribution in [0.3, 0.4) is 0 Å². The third kappa shape index (κ3) is 4.27. The summed E-state index contributed by atoms with van der Waals surface area (Å²) in [5.74, 6) is 0.142. The number of pyridine rings is 1. The van der Waals surface area contributed by atoms with E-state index in [-0.39, 0.29) is 17.6 Å². The third-order valence-corrected chi connectivity index (χ3v) is 5.19. The molecule has 28 heavy (non-hydrogen) atoms. The van der Waals surface area contributed by atoms with E-state index in [0.29, 0.717) is 48.4 Å². The average molecular weight is 448 g/mol. The maximum atomic E-state index is 12.8. The molecule has 1 aliphatic rings. The number of carbonyl (C=O) groups is 2. The molecule has 0 saturated carbocycles. The van der Waals surface area contributed by atoms with Gasteiger partial charge in [0, 0.05) is 32.4 Å². The lowest BCUT2D eigenvalue weighted by molar-refractivity contribution is 0.0525. The van der Waals surface area contributed by atoms with E-state index in [9.17, 15) is 14.7 Å². The first-order valence-corrected chi connectivity index (χ1v) is 9.86. The van der Waals surface area contributed by atoms with Crippen LogP contribution in [0.1, 0.15) is 33.2 Å². The molecule has 8 heteroatoms.